The summed E-state index contributed by atoms with van der Waals surface area (Å²) in [4.78, 5) is 13.6. The Bertz CT molecular complexity index is 434. The minimum absolute atomic E-state index is 0.0872. The largest absolute Gasteiger partial charge is 0.469 e. The highest BCUT2D eigenvalue weighted by Crippen LogP contribution is 2.21. The van der Waals surface area contributed by atoms with Gasteiger partial charge in [-0.05, 0) is 12.8 Å². The van der Waals surface area contributed by atoms with Gasteiger partial charge in [-0.25, -0.2) is 0 Å². The Kier molecular flexibility index (Phi) is 5.57. The maximum Gasteiger partial charge on any atom is 0.308 e. The number of carbonyl (C=O) groups excluding carboxylic acids is 1. The number of piperidine rings is 1. The Hall–Kier alpha value is -1.81. The summed E-state index contributed by atoms with van der Waals surface area (Å²) in [6, 6.07) is 2.01. The SMILES string of the molecule is CNC(=S)/C(C#N)=C(/N)N1CCC(C(=O)OC)CC1. The lowest BCUT2D eigenvalue weighted by molar-refractivity contribution is -0.146. The molecule has 6 nitrogen and oxygen atoms in total. The predicted molar refractivity (Wildman–Crippen MR) is 74.8 cm³/mol. The number of hydrogen-bond acceptors (Lipinski definition) is 6. The summed E-state index contributed by atoms with van der Waals surface area (Å²) in [5.41, 5.74) is 6.25. The molecular formula is C12H18N4O2S. The predicted octanol–water partition coefficient (Wildman–Crippen LogP) is 0.112. The molecule has 0 atom stereocenters. The van der Waals surface area contributed by atoms with Crippen LogP contribution >= 0.6 is 12.2 Å². The van der Waals surface area contributed by atoms with Crippen molar-refractivity contribution in [1.82, 2.24) is 10.2 Å². The maximum atomic E-state index is 11.4. The van der Waals surface area contributed by atoms with Crippen molar-refractivity contribution in [3.63, 3.8) is 0 Å². The van der Waals surface area contributed by atoms with Gasteiger partial charge in [0.25, 0.3) is 0 Å². The van der Waals surface area contributed by atoms with Crippen LogP contribution in [-0.4, -0.2) is 43.1 Å². The lowest BCUT2D eigenvalue weighted by Crippen LogP contribution is -2.40. The molecule has 0 aromatic heterocycles. The number of hydrogen-bond donors (Lipinski definition) is 2. The quantitative estimate of drug-likeness (QED) is 0.328. The molecule has 0 saturated carbocycles. The van der Waals surface area contributed by atoms with E-state index in [0.717, 1.165) is 0 Å². The maximum absolute atomic E-state index is 11.4. The van der Waals surface area contributed by atoms with Crippen molar-refractivity contribution in [2.45, 2.75) is 12.8 Å². The third kappa shape index (κ3) is 3.58. The fraction of sp³-hybridized carbons (Fsp3) is 0.583. The lowest BCUT2D eigenvalue weighted by atomic mass is 9.97. The Labute approximate surface area is 118 Å². The van der Waals surface area contributed by atoms with Crippen LogP contribution in [0.4, 0.5) is 0 Å². The summed E-state index contributed by atoms with van der Waals surface area (Å²) < 4.78 is 4.73. The summed E-state index contributed by atoms with van der Waals surface area (Å²) in [6.45, 7) is 1.23. The van der Waals surface area contributed by atoms with Gasteiger partial charge in [-0.1, -0.05) is 12.2 Å². The Morgan fingerprint density at radius 3 is 2.53 bits per heavy atom. The average Bonchev–Trinajstić information content (AvgIpc) is 2.46. The fourth-order valence-electron chi connectivity index (χ4n) is 2.03. The van der Waals surface area contributed by atoms with Gasteiger partial charge in [0.1, 0.15) is 22.5 Å². The molecule has 1 fully saturated rings. The monoisotopic (exact) mass is 282 g/mol. The van der Waals surface area contributed by atoms with Crippen LogP contribution in [0.3, 0.4) is 0 Å². The second-order valence-electron chi connectivity index (χ2n) is 4.24. The third-order valence-corrected chi connectivity index (χ3v) is 3.60. The molecule has 1 aliphatic heterocycles. The molecule has 1 saturated heterocycles. The average molecular weight is 282 g/mol. The van der Waals surface area contributed by atoms with Crippen LogP contribution in [0.2, 0.25) is 0 Å². The van der Waals surface area contributed by atoms with Gasteiger partial charge in [0.05, 0.1) is 13.0 Å². The van der Waals surface area contributed by atoms with Crippen LogP contribution in [0.15, 0.2) is 11.4 Å². The Balaban J connectivity index is 2.74. The Morgan fingerprint density at radius 1 is 1.53 bits per heavy atom. The highest BCUT2D eigenvalue weighted by molar-refractivity contribution is 7.80. The van der Waals surface area contributed by atoms with E-state index in [2.05, 4.69) is 5.32 Å². The first kappa shape index (κ1) is 15.2. The molecule has 0 amide bonds. The van der Waals surface area contributed by atoms with E-state index in [0.29, 0.717) is 36.7 Å². The third-order valence-electron chi connectivity index (χ3n) is 3.19. The van der Waals surface area contributed by atoms with E-state index in [1.165, 1.54) is 7.11 Å². The molecule has 3 N–H and O–H groups in total. The van der Waals surface area contributed by atoms with Crippen molar-refractivity contribution < 1.29 is 9.53 Å². The molecule has 0 unspecified atom stereocenters. The second-order valence-corrected chi connectivity index (χ2v) is 4.64. The van der Waals surface area contributed by atoms with E-state index in [9.17, 15) is 4.79 Å². The number of carbonyl (C=O) groups is 1. The van der Waals surface area contributed by atoms with Crippen LogP contribution in [0.25, 0.3) is 0 Å². The zero-order valence-electron chi connectivity index (χ0n) is 11.1. The molecule has 0 aliphatic carbocycles. The van der Waals surface area contributed by atoms with E-state index in [-0.39, 0.29) is 17.5 Å². The number of likely N-dealkylation sites (tertiary alicyclic amines) is 1. The highest BCUT2D eigenvalue weighted by Gasteiger charge is 2.27. The fourth-order valence-corrected chi connectivity index (χ4v) is 2.18. The van der Waals surface area contributed by atoms with Crippen molar-refractivity contribution in [3.8, 4) is 6.07 Å². The molecule has 1 rings (SSSR count). The lowest BCUT2D eigenvalue weighted by Gasteiger charge is -2.32. The topological polar surface area (TPSA) is 91.4 Å². The van der Waals surface area contributed by atoms with Crippen molar-refractivity contribution in [2.75, 3.05) is 27.2 Å². The molecule has 1 heterocycles. The zero-order chi connectivity index (χ0) is 14.4. The number of nitrogens with one attached hydrogen (secondary N) is 1. The molecule has 19 heavy (non-hydrogen) atoms. The normalized spacial score (nSPS) is 17.2. The number of thiocarbonyl (C=S) groups is 1. The summed E-state index contributed by atoms with van der Waals surface area (Å²) >= 11 is 5.03. The van der Waals surface area contributed by atoms with Crippen LogP contribution in [0, 0.1) is 17.2 Å². The number of nitrogens with zero attached hydrogens (tertiary/aromatic N) is 2. The first-order valence-electron chi connectivity index (χ1n) is 5.99. The number of methoxy groups -OCH3 is 1. The van der Waals surface area contributed by atoms with E-state index in [1.807, 2.05) is 11.0 Å². The highest BCUT2D eigenvalue weighted by atomic mass is 32.1. The first-order chi connectivity index (χ1) is 9.04. The molecule has 7 heteroatoms. The van der Waals surface area contributed by atoms with E-state index < -0.39 is 0 Å². The number of esters is 1. The van der Waals surface area contributed by atoms with Gasteiger partial charge in [-0.3, -0.25) is 4.79 Å². The molecule has 1 aliphatic rings. The molecule has 0 bridgehead atoms. The summed E-state index contributed by atoms with van der Waals surface area (Å²) in [7, 11) is 3.04. The second kappa shape index (κ2) is 6.95. The van der Waals surface area contributed by atoms with Crippen LogP contribution in [0.1, 0.15) is 12.8 Å². The molecule has 0 spiro atoms. The molecular weight excluding hydrogens is 264 g/mol. The van der Waals surface area contributed by atoms with Gasteiger partial charge in [0.2, 0.25) is 0 Å². The smallest absolute Gasteiger partial charge is 0.308 e. The number of ether oxygens (including phenoxy) is 1. The molecule has 104 valence electrons. The van der Waals surface area contributed by atoms with Crippen molar-refractivity contribution in [3.05, 3.63) is 11.4 Å². The zero-order valence-corrected chi connectivity index (χ0v) is 11.9. The standard InChI is InChI=1S/C12H18N4O2S/c1-15-11(19)9(7-13)10(14)16-5-3-8(4-6-16)12(17)18-2/h8H,3-6,14H2,1-2H3,(H,15,19)/b10-9-. The minimum atomic E-state index is -0.187. The van der Waals surface area contributed by atoms with Gasteiger partial charge in [-0.2, -0.15) is 5.26 Å². The molecule has 0 radical (unpaired) electrons. The minimum Gasteiger partial charge on any atom is -0.469 e. The van der Waals surface area contributed by atoms with Gasteiger partial charge in [0.15, 0.2) is 0 Å². The van der Waals surface area contributed by atoms with Crippen LogP contribution in [-0.2, 0) is 9.53 Å². The van der Waals surface area contributed by atoms with E-state index in [1.54, 1.807) is 7.05 Å². The van der Waals surface area contributed by atoms with Crippen molar-refractivity contribution in [2.24, 2.45) is 11.7 Å². The number of rotatable bonds is 3. The number of nitriles is 1. The summed E-state index contributed by atoms with van der Waals surface area (Å²) in [5, 5.41) is 11.8. The summed E-state index contributed by atoms with van der Waals surface area (Å²) in [5.74, 6) is 0.0921. The molecule has 0 aromatic rings. The first-order valence-corrected chi connectivity index (χ1v) is 6.40. The number of likely N-dealkylation sites (N-methyl/N-ethyl adjacent to an activating group) is 1. The van der Waals surface area contributed by atoms with E-state index >= 15 is 0 Å². The Morgan fingerprint density at radius 2 is 2.11 bits per heavy atom. The van der Waals surface area contributed by atoms with Gasteiger partial charge in [0, 0.05) is 20.1 Å². The van der Waals surface area contributed by atoms with Gasteiger partial charge in [-0.15, -0.1) is 0 Å². The molecule has 0 aromatic carbocycles. The van der Waals surface area contributed by atoms with Crippen LogP contribution in [0.5, 0.6) is 0 Å². The van der Waals surface area contributed by atoms with E-state index in [4.69, 9.17) is 28.0 Å². The van der Waals surface area contributed by atoms with Crippen molar-refractivity contribution in [1.29, 1.82) is 5.26 Å². The van der Waals surface area contributed by atoms with Gasteiger partial charge >= 0.3 is 5.97 Å². The van der Waals surface area contributed by atoms with Crippen LogP contribution < -0.4 is 11.1 Å². The van der Waals surface area contributed by atoms with Gasteiger partial charge < -0.3 is 20.7 Å². The summed E-state index contributed by atoms with van der Waals surface area (Å²) in [6.07, 6.45) is 1.33. The van der Waals surface area contributed by atoms with Crippen molar-refractivity contribution >= 4 is 23.2 Å². The number of nitrogens with two attached hydrogens (primary N) is 1.